The van der Waals surface area contributed by atoms with Crippen molar-refractivity contribution in [2.24, 2.45) is 5.11 Å². The molecule has 0 bridgehead atoms. The lowest BCUT2D eigenvalue weighted by Crippen LogP contribution is -2.33. The van der Waals surface area contributed by atoms with E-state index in [9.17, 15) is 14.7 Å². The van der Waals surface area contributed by atoms with E-state index in [1.54, 1.807) is 0 Å². The summed E-state index contributed by atoms with van der Waals surface area (Å²) in [5.41, 5.74) is 7.36. The number of aliphatic hydroxyl groups is 2. The van der Waals surface area contributed by atoms with Gasteiger partial charge in [-0.1, -0.05) is 10.3 Å². The summed E-state index contributed by atoms with van der Waals surface area (Å²) in [6, 6.07) is 0.726. The fourth-order valence-electron chi connectivity index (χ4n) is 2.63. The van der Waals surface area contributed by atoms with Gasteiger partial charge in [0.1, 0.15) is 18.5 Å². The maximum absolute atomic E-state index is 12.1. The molecule has 3 N–H and O–H groups in total. The van der Waals surface area contributed by atoms with Crippen LogP contribution in [0.3, 0.4) is 0 Å². The van der Waals surface area contributed by atoms with Crippen LogP contribution in [0.1, 0.15) is 18.4 Å². The molecule has 3 rings (SSSR count). The third-order valence-corrected chi connectivity index (χ3v) is 3.85. The summed E-state index contributed by atoms with van der Waals surface area (Å²) >= 11 is 0. The first-order valence-corrected chi connectivity index (χ1v) is 7.30. The van der Waals surface area contributed by atoms with Crippen LogP contribution in [-0.2, 0) is 11.3 Å². The number of ether oxygens (including phenoxy) is 1. The van der Waals surface area contributed by atoms with Gasteiger partial charge < -0.3 is 19.5 Å². The molecule has 0 saturated carbocycles. The van der Waals surface area contributed by atoms with E-state index in [1.807, 2.05) is 0 Å². The van der Waals surface area contributed by atoms with Gasteiger partial charge in [-0.25, -0.2) is 4.79 Å². The Balaban J connectivity index is 2.00. The molecule has 0 aromatic carbocycles. The van der Waals surface area contributed by atoms with Crippen LogP contribution in [0.25, 0.3) is 21.7 Å². The molecule has 1 fully saturated rings. The summed E-state index contributed by atoms with van der Waals surface area (Å²) < 4.78 is 11.5. The Bertz CT molecular complexity index is 926. The van der Waals surface area contributed by atoms with E-state index in [0.717, 1.165) is 4.57 Å². The van der Waals surface area contributed by atoms with Gasteiger partial charge in [0.15, 0.2) is 5.76 Å². The SMILES string of the molecule is [N-]=[N+]=N[C@H]1C[C@H](n2cc(-c3cc(CO)on3)c(=O)[nH]c2=O)O[C@@H]1CO. The average molecular weight is 350 g/mol. The summed E-state index contributed by atoms with van der Waals surface area (Å²) in [7, 11) is 0. The summed E-state index contributed by atoms with van der Waals surface area (Å²) in [4.78, 5) is 29.0. The van der Waals surface area contributed by atoms with Gasteiger partial charge in [0.2, 0.25) is 0 Å². The smallest absolute Gasteiger partial charge is 0.330 e. The van der Waals surface area contributed by atoms with Gasteiger partial charge in [-0.15, -0.1) is 0 Å². The first-order chi connectivity index (χ1) is 12.1. The predicted octanol–water partition coefficient (Wildman–Crippen LogP) is -0.357. The second-order valence-electron chi connectivity index (χ2n) is 5.37. The van der Waals surface area contributed by atoms with Crippen LogP contribution >= 0.6 is 0 Å². The van der Waals surface area contributed by atoms with Crippen LogP contribution in [0.5, 0.6) is 0 Å². The van der Waals surface area contributed by atoms with Crippen molar-refractivity contribution in [1.82, 2.24) is 14.7 Å². The van der Waals surface area contributed by atoms with E-state index in [2.05, 4.69) is 20.2 Å². The highest BCUT2D eigenvalue weighted by molar-refractivity contribution is 5.56. The van der Waals surface area contributed by atoms with E-state index in [4.69, 9.17) is 19.9 Å². The minimum absolute atomic E-state index is 0.0411. The number of rotatable bonds is 5. The Morgan fingerprint density at radius 3 is 2.92 bits per heavy atom. The number of nitrogens with zero attached hydrogens (tertiary/aromatic N) is 5. The molecule has 0 unspecified atom stereocenters. The van der Waals surface area contributed by atoms with Crippen molar-refractivity contribution in [2.75, 3.05) is 6.61 Å². The molecular formula is C13H14N6O6. The van der Waals surface area contributed by atoms with Gasteiger partial charge in [0.05, 0.1) is 24.3 Å². The number of hydrogen-bond donors (Lipinski definition) is 3. The Morgan fingerprint density at radius 1 is 1.48 bits per heavy atom. The minimum atomic E-state index is -0.833. The molecule has 3 heterocycles. The molecule has 2 aromatic rings. The van der Waals surface area contributed by atoms with Crippen LogP contribution in [0.15, 0.2) is 31.5 Å². The number of nitrogens with one attached hydrogen (secondary N) is 1. The normalized spacial score (nSPS) is 22.7. The third kappa shape index (κ3) is 3.19. The van der Waals surface area contributed by atoms with Crippen LogP contribution in [-0.4, -0.2) is 43.7 Å². The second-order valence-corrected chi connectivity index (χ2v) is 5.37. The first kappa shape index (κ1) is 16.9. The topological polar surface area (TPSA) is 179 Å². The lowest BCUT2D eigenvalue weighted by atomic mass is 10.1. The minimum Gasteiger partial charge on any atom is -0.394 e. The zero-order valence-corrected chi connectivity index (χ0v) is 12.8. The molecule has 12 nitrogen and oxygen atoms in total. The van der Waals surface area contributed by atoms with Gasteiger partial charge in [-0.2, -0.15) is 0 Å². The molecule has 0 radical (unpaired) electrons. The Morgan fingerprint density at radius 2 is 2.28 bits per heavy atom. The quantitative estimate of drug-likeness (QED) is 0.374. The summed E-state index contributed by atoms with van der Waals surface area (Å²) in [5, 5.41) is 25.5. The number of H-pyrrole nitrogens is 1. The van der Waals surface area contributed by atoms with Gasteiger partial charge in [-0.05, 0) is 5.53 Å². The van der Waals surface area contributed by atoms with Crippen LogP contribution in [0.2, 0.25) is 0 Å². The van der Waals surface area contributed by atoms with Crippen molar-refractivity contribution in [3.8, 4) is 11.3 Å². The van der Waals surface area contributed by atoms with E-state index in [-0.39, 0.29) is 36.7 Å². The van der Waals surface area contributed by atoms with Crippen LogP contribution in [0.4, 0.5) is 0 Å². The maximum Gasteiger partial charge on any atom is 0.330 e. The van der Waals surface area contributed by atoms with Crippen molar-refractivity contribution in [3.63, 3.8) is 0 Å². The number of azide groups is 1. The highest BCUT2D eigenvalue weighted by Gasteiger charge is 2.36. The summed E-state index contributed by atoms with van der Waals surface area (Å²) in [6.45, 7) is -0.767. The molecule has 0 amide bonds. The lowest BCUT2D eigenvalue weighted by molar-refractivity contribution is -0.0270. The van der Waals surface area contributed by atoms with E-state index < -0.39 is 29.6 Å². The number of aromatic amines is 1. The maximum atomic E-state index is 12.1. The Labute approximate surface area is 138 Å². The van der Waals surface area contributed by atoms with Crippen molar-refractivity contribution < 1.29 is 19.5 Å². The molecule has 1 aliphatic rings. The van der Waals surface area contributed by atoms with Gasteiger partial charge in [0.25, 0.3) is 5.56 Å². The van der Waals surface area contributed by atoms with Crippen molar-refractivity contribution in [2.45, 2.75) is 31.4 Å². The monoisotopic (exact) mass is 350 g/mol. The Hall–Kier alpha value is -2.92. The molecular weight excluding hydrogens is 336 g/mol. The fraction of sp³-hybridized carbons (Fsp3) is 0.462. The largest absolute Gasteiger partial charge is 0.394 e. The molecule has 0 spiro atoms. The number of aromatic nitrogens is 3. The lowest BCUT2D eigenvalue weighted by Gasteiger charge is -2.15. The highest BCUT2D eigenvalue weighted by Crippen LogP contribution is 2.30. The molecule has 1 saturated heterocycles. The van der Waals surface area contributed by atoms with Gasteiger partial charge in [-0.3, -0.25) is 14.3 Å². The van der Waals surface area contributed by atoms with Crippen LogP contribution in [0, 0.1) is 0 Å². The molecule has 25 heavy (non-hydrogen) atoms. The third-order valence-electron chi connectivity index (χ3n) is 3.85. The molecule has 3 atom stereocenters. The zero-order valence-electron chi connectivity index (χ0n) is 12.8. The van der Waals surface area contributed by atoms with E-state index >= 15 is 0 Å². The zero-order chi connectivity index (χ0) is 18.0. The van der Waals surface area contributed by atoms with Crippen molar-refractivity contribution in [3.05, 3.63) is 49.3 Å². The molecule has 12 heteroatoms. The molecule has 1 aliphatic heterocycles. The summed E-state index contributed by atoms with van der Waals surface area (Å²) in [6.07, 6.45) is -0.185. The van der Waals surface area contributed by atoms with Crippen LogP contribution < -0.4 is 11.2 Å². The first-order valence-electron chi connectivity index (χ1n) is 7.30. The molecule has 2 aromatic heterocycles. The Kier molecular flexibility index (Phi) is 4.67. The van der Waals surface area contributed by atoms with Crippen molar-refractivity contribution in [1.29, 1.82) is 0 Å². The molecule has 132 valence electrons. The highest BCUT2D eigenvalue weighted by atomic mass is 16.5. The van der Waals surface area contributed by atoms with Crippen molar-refractivity contribution >= 4 is 0 Å². The van der Waals surface area contributed by atoms with E-state index in [1.165, 1.54) is 12.3 Å². The fourth-order valence-corrected chi connectivity index (χ4v) is 2.63. The van der Waals surface area contributed by atoms with Gasteiger partial charge >= 0.3 is 5.69 Å². The summed E-state index contributed by atoms with van der Waals surface area (Å²) in [5.74, 6) is 0.160. The predicted molar refractivity (Wildman–Crippen MR) is 81.3 cm³/mol. The molecule has 0 aliphatic carbocycles. The standard InChI is InChI=1S/C13H14N6O6/c14-18-16-9-2-11(24-10(9)5-21)19-3-7(12(22)15-13(19)23)8-1-6(4-20)25-17-8/h1,3,9-11,20-21H,2,4-5H2,(H,15,22,23)/t9-,10+,11+/m0/s1. The number of hydrogen-bond acceptors (Lipinski definition) is 8. The van der Waals surface area contributed by atoms with Gasteiger partial charge in [0, 0.05) is 23.6 Å². The number of aliphatic hydroxyl groups excluding tert-OH is 2. The second kappa shape index (κ2) is 6.91. The average Bonchev–Trinajstić information content (AvgIpc) is 3.22. The van der Waals surface area contributed by atoms with E-state index in [0.29, 0.717) is 0 Å².